The largest absolute Gasteiger partial charge is 0.359 e. The zero-order valence-electron chi connectivity index (χ0n) is 7.38. The van der Waals surface area contributed by atoms with Crippen molar-refractivity contribution < 1.29 is 22.6 Å². The summed E-state index contributed by atoms with van der Waals surface area (Å²) in [7, 11) is -4.56. The number of nitrogens with one attached hydrogen (secondary N) is 1. The summed E-state index contributed by atoms with van der Waals surface area (Å²) in [5, 5.41) is 0. The second-order valence-corrected chi connectivity index (χ2v) is 3.80. The number of carbonyl (C=O) groups is 2. The summed E-state index contributed by atoms with van der Waals surface area (Å²) in [6.07, 6.45) is 0.588. The van der Waals surface area contributed by atoms with Crippen LogP contribution in [0, 0.1) is 0 Å². The van der Waals surface area contributed by atoms with Crippen molar-refractivity contribution in [1.29, 1.82) is 0 Å². The Bertz CT molecular complexity index is 476. The molecule has 1 amide bonds. The van der Waals surface area contributed by atoms with Gasteiger partial charge in [-0.15, -0.1) is 0 Å². The summed E-state index contributed by atoms with van der Waals surface area (Å²) in [6, 6.07) is 5.24. The molecule has 0 aromatic heterocycles. The van der Waals surface area contributed by atoms with Gasteiger partial charge in [0.1, 0.15) is 6.29 Å². The third kappa shape index (κ3) is 3.49. The van der Waals surface area contributed by atoms with Gasteiger partial charge in [0.25, 0.3) is 5.91 Å². The van der Waals surface area contributed by atoms with Crippen molar-refractivity contribution in [3.05, 3.63) is 35.4 Å². The summed E-state index contributed by atoms with van der Waals surface area (Å²) >= 11 is 0. The fraction of sp³-hybridized carbons (Fsp3) is 0. The van der Waals surface area contributed by atoms with Crippen molar-refractivity contribution in [1.82, 2.24) is 4.72 Å². The summed E-state index contributed by atoms with van der Waals surface area (Å²) < 4.78 is 30.3. The van der Waals surface area contributed by atoms with E-state index in [-0.39, 0.29) is 5.56 Å². The van der Waals surface area contributed by atoms with E-state index < -0.39 is 16.2 Å². The molecule has 0 atom stereocenters. The second kappa shape index (κ2) is 4.20. The van der Waals surface area contributed by atoms with Crippen LogP contribution in [-0.2, 0) is 10.3 Å². The normalized spacial score (nSPS) is 10.7. The van der Waals surface area contributed by atoms with Crippen LogP contribution in [0.1, 0.15) is 20.7 Å². The lowest BCUT2D eigenvalue weighted by molar-refractivity contribution is 0.0978. The Morgan fingerprint density at radius 2 is 1.80 bits per heavy atom. The molecule has 0 radical (unpaired) electrons. The van der Waals surface area contributed by atoms with Gasteiger partial charge in [-0.25, -0.2) is 4.72 Å². The average molecular weight is 229 g/mol. The number of hydrogen-bond donors (Lipinski definition) is 2. The first-order valence-corrected chi connectivity index (χ1v) is 5.21. The molecule has 0 saturated carbocycles. The van der Waals surface area contributed by atoms with Gasteiger partial charge in [-0.3, -0.25) is 14.1 Å². The Kier molecular flexibility index (Phi) is 3.17. The minimum absolute atomic E-state index is 0.0261. The van der Waals surface area contributed by atoms with Crippen LogP contribution in [0.15, 0.2) is 24.3 Å². The number of benzene rings is 1. The van der Waals surface area contributed by atoms with Crippen molar-refractivity contribution in [2.24, 2.45) is 0 Å². The van der Waals surface area contributed by atoms with Gasteiger partial charge in [0.05, 0.1) is 0 Å². The van der Waals surface area contributed by atoms with E-state index in [4.69, 9.17) is 4.55 Å². The highest BCUT2D eigenvalue weighted by molar-refractivity contribution is 7.84. The van der Waals surface area contributed by atoms with Crippen LogP contribution in [0.5, 0.6) is 0 Å². The molecule has 0 aliphatic carbocycles. The smallest absolute Gasteiger partial charge is 0.298 e. The molecule has 1 aromatic carbocycles. The zero-order valence-corrected chi connectivity index (χ0v) is 8.19. The fourth-order valence-electron chi connectivity index (χ4n) is 0.889. The van der Waals surface area contributed by atoms with Gasteiger partial charge in [0, 0.05) is 11.1 Å². The van der Waals surface area contributed by atoms with Gasteiger partial charge in [-0.05, 0) is 12.1 Å². The van der Waals surface area contributed by atoms with E-state index in [1.165, 1.54) is 29.0 Å². The lowest BCUT2D eigenvalue weighted by Gasteiger charge is -2.00. The Morgan fingerprint density at radius 3 is 2.20 bits per heavy atom. The highest BCUT2D eigenvalue weighted by Gasteiger charge is 2.11. The van der Waals surface area contributed by atoms with Crippen molar-refractivity contribution in [3.8, 4) is 0 Å². The topological polar surface area (TPSA) is 101 Å². The van der Waals surface area contributed by atoms with E-state index in [1.54, 1.807) is 0 Å². The van der Waals surface area contributed by atoms with Crippen molar-refractivity contribution in [3.63, 3.8) is 0 Å². The van der Waals surface area contributed by atoms with Crippen LogP contribution in [0.4, 0.5) is 0 Å². The van der Waals surface area contributed by atoms with Gasteiger partial charge in [-0.2, -0.15) is 8.42 Å². The van der Waals surface area contributed by atoms with E-state index in [2.05, 4.69) is 0 Å². The van der Waals surface area contributed by atoms with E-state index in [1.807, 2.05) is 0 Å². The Hall–Kier alpha value is -1.73. The second-order valence-electron chi connectivity index (χ2n) is 2.65. The molecule has 0 fully saturated rings. The Morgan fingerprint density at radius 1 is 1.27 bits per heavy atom. The number of aldehydes is 1. The summed E-state index contributed by atoms with van der Waals surface area (Å²) in [4.78, 5) is 21.4. The maximum atomic E-state index is 11.1. The predicted molar refractivity (Wildman–Crippen MR) is 50.8 cm³/mol. The van der Waals surface area contributed by atoms with Crippen LogP contribution in [0.25, 0.3) is 0 Å². The van der Waals surface area contributed by atoms with E-state index in [9.17, 15) is 18.0 Å². The summed E-state index contributed by atoms with van der Waals surface area (Å²) in [5.41, 5.74) is 0.386. The van der Waals surface area contributed by atoms with Crippen LogP contribution in [0.2, 0.25) is 0 Å². The first kappa shape index (κ1) is 11.3. The monoisotopic (exact) mass is 229 g/mol. The third-order valence-corrected chi connectivity index (χ3v) is 1.97. The van der Waals surface area contributed by atoms with Gasteiger partial charge in [0.15, 0.2) is 0 Å². The molecule has 0 heterocycles. The average Bonchev–Trinajstić information content (AvgIpc) is 2.15. The predicted octanol–water partition coefficient (Wildman–Crippen LogP) is 0.0317. The van der Waals surface area contributed by atoms with Crippen LogP contribution >= 0.6 is 0 Å². The molecule has 6 nitrogen and oxygen atoms in total. The zero-order chi connectivity index (χ0) is 11.5. The molecule has 80 valence electrons. The number of rotatable bonds is 3. The number of amides is 1. The van der Waals surface area contributed by atoms with Crippen molar-refractivity contribution in [2.75, 3.05) is 0 Å². The molecule has 0 aliphatic rings. The maximum Gasteiger partial charge on any atom is 0.359 e. The Balaban J connectivity index is 2.88. The van der Waals surface area contributed by atoms with Gasteiger partial charge in [0.2, 0.25) is 0 Å². The minimum Gasteiger partial charge on any atom is -0.298 e. The van der Waals surface area contributed by atoms with Gasteiger partial charge in [-0.1, -0.05) is 12.1 Å². The standard InChI is InChI=1S/C8H7NO5S/c10-5-6-1-3-7(4-2-6)8(11)9-15(12,13)14/h1-5H,(H,9,11)(H,12,13,14). The lowest BCUT2D eigenvalue weighted by Crippen LogP contribution is -2.29. The third-order valence-electron chi connectivity index (χ3n) is 1.53. The van der Waals surface area contributed by atoms with Crippen molar-refractivity contribution in [2.45, 2.75) is 0 Å². The molecule has 0 bridgehead atoms. The van der Waals surface area contributed by atoms with Crippen LogP contribution in [-0.4, -0.2) is 25.2 Å². The Labute approximate surface area is 85.8 Å². The molecule has 7 heteroatoms. The lowest BCUT2D eigenvalue weighted by atomic mass is 10.1. The first-order valence-electron chi connectivity index (χ1n) is 3.77. The fourth-order valence-corrected chi connectivity index (χ4v) is 1.24. The van der Waals surface area contributed by atoms with E-state index >= 15 is 0 Å². The minimum atomic E-state index is -4.56. The molecular formula is C8H7NO5S. The summed E-state index contributed by atoms with van der Waals surface area (Å²) in [5.74, 6) is -0.963. The van der Waals surface area contributed by atoms with Crippen molar-refractivity contribution >= 4 is 22.5 Å². The van der Waals surface area contributed by atoms with Gasteiger partial charge >= 0.3 is 10.3 Å². The van der Waals surface area contributed by atoms with E-state index in [0.717, 1.165) is 0 Å². The molecule has 1 aromatic rings. The van der Waals surface area contributed by atoms with Gasteiger partial charge < -0.3 is 0 Å². The molecule has 2 N–H and O–H groups in total. The molecule has 0 unspecified atom stereocenters. The number of carbonyl (C=O) groups excluding carboxylic acids is 2. The molecule has 0 aliphatic heterocycles. The number of hydrogen-bond acceptors (Lipinski definition) is 4. The SMILES string of the molecule is O=Cc1ccc(C(=O)NS(=O)(=O)O)cc1. The van der Waals surface area contributed by atoms with Crippen LogP contribution < -0.4 is 4.72 Å². The summed E-state index contributed by atoms with van der Waals surface area (Å²) in [6.45, 7) is 0. The molecule has 0 saturated heterocycles. The highest BCUT2D eigenvalue weighted by atomic mass is 32.2. The van der Waals surface area contributed by atoms with Crippen LogP contribution in [0.3, 0.4) is 0 Å². The first-order chi connectivity index (χ1) is 6.92. The molecule has 15 heavy (non-hydrogen) atoms. The molecule has 0 spiro atoms. The van der Waals surface area contributed by atoms with E-state index in [0.29, 0.717) is 11.8 Å². The quantitative estimate of drug-likeness (QED) is 0.562. The highest BCUT2D eigenvalue weighted by Crippen LogP contribution is 2.02. The molecular weight excluding hydrogens is 222 g/mol. The molecule has 1 rings (SSSR count). The maximum absolute atomic E-state index is 11.1.